The van der Waals surface area contributed by atoms with Crippen molar-refractivity contribution >= 4 is 11.9 Å². The normalized spacial score (nSPS) is 21.3. The third-order valence-corrected chi connectivity index (χ3v) is 4.06. The van der Waals surface area contributed by atoms with Gasteiger partial charge in [0.1, 0.15) is 12.4 Å². The lowest BCUT2D eigenvalue weighted by Gasteiger charge is -2.42. The molecular formula is C18H25NO4. The molecule has 0 bridgehead atoms. The van der Waals surface area contributed by atoms with Crippen LogP contribution in [0.15, 0.2) is 30.3 Å². The Kier molecular flexibility index (Phi) is 6.16. The van der Waals surface area contributed by atoms with Crippen LogP contribution >= 0.6 is 0 Å². The van der Waals surface area contributed by atoms with Crippen molar-refractivity contribution in [2.75, 3.05) is 13.2 Å². The molecule has 1 aliphatic heterocycles. The second-order valence-electron chi connectivity index (χ2n) is 6.36. The van der Waals surface area contributed by atoms with Gasteiger partial charge in [-0.3, -0.25) is 9.69 Å². The Morgan fingerprint density at radius 2 is 1.96 bits per heavy atom. The predicted molar refractivity (Wildman–Crippen MR) is 87.0 cm³/mol. The Balaban J connectivity index is 2.08. The zero-order valence-electron chi connectivity index (χ0n) is 14.0. The fourth-order valence-corrected chi connectivity index (χ4v) is 2.84. The van der Waals surface area contributed by atoms with Gasteiger partial charge in [0, 0.05) is 6.42 Å². The van der Waals surface area contributed by atoms with Crippen LogP contribution in [0.5, 0.6) is 0 Å². The van der Waals surface area contributed by atoms with E-state index in [1.165, 1.54) is 6.92 Å². The molecule has 5 heteroatoms. The standard InChI is InChI=1S/C18H25NO4/c1-13(2)17-12-22-11-16(9-14(3)20)19(17)18(21)23-10-15-7-5-4-6-8-15/h4-8,13,16-17H,9-12H2,1-3H3/t16-,17-/m1/s1. The highest BCUT2D eigenvalue weighted by Crippen LogP contribution is 2.23. The maximum atomic E-state index is 12.6. The molecule has 0 spiro atoms. The monoisotopic (exact) mass is 319 g/mol. The van der Waals surface area contributed by atoms with Gasteiger partial charge in [0.2, 0.25) is 0 Å². The number of Topliss-reactive ketones (excluding diaryl/α,β-unsaturated/α-hetero) is 1. The van der Waals surface area contributed by atoms with Crippen LogP contribution < -0.4 is 0 Å². The molecule has 0 N–H and O–H groups in total. The van der Waals surface area contributed by atoms with Crippen molar-refractivity contribution < 1.29 is 19.1 Å². The highest BCUT2D eigenvalue weighted by molar-refractivity contribution is 5.77. The molecule has 1 aromatic rings. The highest BCUT2D eigenvalue weighted by atomic mass is 16.6. The first kappa shape index (κ1) is 17.5. The van der Waals surface area contributed by atoms with Crippen LogP contribution in [0.4, 0.5) is 4.79 Å². The summed E-state index contributed by atoms with van der Waals surface area (Å²) in [4.78, 5) is 25.8. The van der Waals surface area contributed by atoms with Gasteiger partial charge in [-0.05, 0) is 18.4 Å². The zero-order chi connectivity index (χ0) is 16.8. The van der Waals surface area contributed by atoms with Gasteiger partial charge in [0.05, 0.1) is 25.3 Å². The summed E-state index contributed by atoms with van der Waals surface area (Å²) >= 11 is 0. The van der Waals surface area contributed by atoms with Crippen LogP contribution in [0.1, 0.15) is 32.8 Å². The largest absolute Gasteiger partial charge is 0.445 e. The molecule has 2 rings (SSSR count). The second-order valence-corrected chi connectivity index (χ2v) is 6.36. The van der Waals surface area contributed by atoms with Crippen LogP contribution in [0.3, 0.4) is 0 Å². The van der Waals surface area contributed by atoms with Crippen LogP contribution in [-0.2, 0) is 20.9 Å². The molecule has 1 amide bonds. The quantitative estimate of drug-likeness (QED) is 0.837. The topological polar surface area (TPSA) is 55.8 Å². The van der Waals surface area contributed by atoms with Gasteiger partial charge in [-0.1, -0.05) is 44.2 Å². The molecule has 0 unspecified atom stereocenters. The zero-order valence-corrected chi connectivity index (χ0v) is 14.0. The minimum atomic E-state index is -0.373. The molecule has 126 valence electrons. The molecule has 1 fully saturated rings. The third-order valence-electron chi connectivity index (χ3n) is 4.06. The summed E-state index contributed by atoms with van der Waals surface area (Å²) in [6, 6.07) is 9.25. The number of carbonyl (C=O) groups is 2. The first-order valence-corrected chi connectivity index (χ1v) is 8.05. The Bertz CT molecular complexity index is 529. The summed E-state index contributed by atoms with van der Waals surface area (Å²) in [5.41, 5.74) is 0.943. The fraction of sp³-hybridized carbons (Fsp3) is 0.556. The molecule has 0 aromatic heterocycles. The van der Waals surface area contributed by atoms with Crippen molar-refractivity contribution in [1.82, 2.24) is 4.90 Å². The summed E-state index contributed by atoms with van der Waals surface area (Å²) in [6.07, 6.45) is -0.0778. The van der Waals surface area contributed by atoms with Crippen LogP contribution in [-0.4, -0.2) is 42.1 Å². The summed E-state index contributed by atoms with van der Waals surface area (Å²) in [5, 5.41) is 0. The number of carbonyl (C=O) groups excluding carboxylic acids is 2. The van der Waals surface area contributed by atoms with E-state index in [9.17, 15) is 9.59 Å². The number of amides is 1. The average molecular weight is 319 g/mol. The Morgan fingerprint density at radius 1 is 1.26 bits per heavy atom. The number of ketones is 1. The van der Waals surface area contributed by atoms with E-state index >= 15 is 0 Å². The minimum Gasteiger partial charge on any atom is -0.445 e. The van der Waals surface area contributed by atoms with Crippen molar-refractivity contribution in [3.05, 3.63) is 35.9 Å². The number of hydrogen-bond donors (Lipinski definition) is 0. The molecule has 1 aromatic carbocycles. The number of rotatable bonds is 5. The molecule has 0 radical (unpaired) electrons. The van der Waals surface area contributed by atoms with Gasteiger partial charge in [-0.15, -0.1) is 0 Å². The van der Waals surface area contributed by atoms with Gasteiger partial charge in [-0.2, -0.15) is 0 Å². The molecule has 1 saturated heterocycles. The molecule has 2 atom stereocenters. The van der Waals surface area contributed by atoms with E-state index in [2.05, 4.69) is 0 Å². The van der Waals surface area contributed by atoms with E-state index < -0.39 is 0 Å². The Morgan fingerprint density at radius 3 is 2.57 bits per heavy atom. The van der Waals surface area contributed by atoms with Crippen molar-refractivity contribution in [2.24, 2.45) is 5.92 Å². The number of ether oxygens (including phenoxy) is 2. The van der Waals surface area contributed by atoms with Crippen molar-refractivity contribution in [3.63, 3.8) is 0 Å². The third kappa shape index (κ3) is 4.79. The Labute approximate surface area is 137 Å². The van der Waals surface area contributed by atoms with E-state index in [-0.39, 0.29) is 36.5 Å². The van der Waals surface area contributed by atoms with Crippen LogP contribution in [0.2, 0.25) is 0 Å². The van der Waals surface area contributed by atoms with E-state index in [0.29, 0.717) is 19.6 Å². The fourth-order valence-electron chi connectivity index (χ4n) is 2.84. The van der Waals surface area contributed by atoms with E-state index in [1.807, 2.05) is 44.2 Å². The minimum absolute atomic E-state index is 0.0452. The van der Waals surface area contributed by atoms with Gasteiger partial charge in [0.15, 0.2) is 0 Å². The maximum Gasteiger partial charge on any atom is 0.410 e. The molecule has 1 aliphatic rings. The highest BCUT2D eigenvalue weighted by Gasteiger charge is 2.38. The van der Waals surface area contributed by atoms with Gasteiger partial charge < -0.3 is 9.47 Å². The first-order chi connectivity index (χ1) is 11.0. The summed E-state index contributed by atoms with van der Waals surface area (Å²) < 4.78 is 11.1. The molecule has 0 aliphatic carbocycles. The SMILES string of the molecule is CC(=O)C[C@@H]1COC[C@H](C(C)C)N1C(=O)OCc1ccccc1. The predicted octanol–water partition coefficient (Wildman–Crippen LogP) is 3.03. The van der Waals surface area contributed by atoms with Gasteiger partial charge >= 0.3 is 6.09 Å². The second kappa shape index (κ2) is 8.11. The average Bonchev–Trinajstić information content (AvgIpc) is 2.52. The smallest absolute Gasteiger partial charge is 0.410 e. The first-order valence-electron chi connectivity index (χ1n) is 8.05. The van der Waals surface area contributed by atoms with Gasteiger partial charge in [-0.25, -0.2) is 4.79 Å². The molecule has 1 heterocycles. The lowest BCUT2D eigenvalue weighted by Crippen LogP contribution is -2.57. The van der Waals surface area contributed by atoms with E-state index in [0.717, 1.165) is 5.56 Å². The molecule has 5 nitrogen and oxygen atoms in total. The number of nitrogens with zero attached hydrogens (tertiary/aromatic N) is 1. The lowest BCUT2D eigenvalue weighted by atomic mass is 9.98. The lowest BCUT2D eigenvalue weighted by molar-refractivity contribution is -0.121. The van der Waals surface area contributed by atoms with Crippen molar-refractivity contribution in [2.45, 2.75) is 45.9 Å². The number of hydrogen-bond acceptors (Lipinski definition) is 4. The summed E-state index contributed by atoms with van der Waals surface area (Å²) in [6.45, 7) is 6.71. The van der Waals surface area contributed by atoms with Crippen LogP contribution in [0.25, 0.3) is 0 Å². The number of benzene rings is 1. The maximum absolute atomic E-state index is 12.6. The van der Waals surface area contributed by atoms with Crippen LogP contribution in [0, 0.1) is 5.92 Å². The van der Waals surface area contributed by atoms with E-state index in [4.69, 9.17) is 9.47 Å². The van der Waals surface area contributed by atoms with Gasteiger partial charge in [0.25, 0.3) is 0 Å². The van der Waals surface area contributed by atoms with Crippen molar-refractivity contribution in [3.8, 4) is 0 Å². The molecule has 23 heavy (non-hydrogen) atoms. The summed E-state index contributed by atoms with van der Waals surface area (Å²) in [5.74, 6) is 0.276. The Hall–Kier alpha value is -1.88. The summed E-state index contributed by atoms with van der Waals surface area (Å²) in [7, 11) is 0. The number of morpholine rings is 1. The molecule has 0 saturated carbocycles. The van der Waals surface area contributed by atoms with E-state index in [1.54, 1.807) is 4.90 Å². The van der Waals surface area contributed by atoms with Crippen molar-refractivity contribution in [1.29, 1.82) is 0 Å². The molecular weight excluding hydrogens is 294 g/mol.